The van der Waals surface area contributed by atoms with Gasteiger partial charge in [0.2, 0.25) is 5.91 Å². The maximum atomic E-state index is 13.1. The van der Waals surface area contributed by atoms with Crippen LogP contribution in [0.15, 0.2) is 60.7 Å². The molecule has 6 N–H and O–H groups in total. The normalized spacial score (nSPS) is 17.5. The fourth-order valence-corrected chi connectivity index (χ4v) is 4.18. The van der Waals surface area contributed by atoms with Gasteiger partial charge in [0.1, 0.15) is 23.0 Å². The van der Waals surface area contributed by atoms with Crippen LogP contribution in [0.1, 0.15) is 29.8 Å². The van der Waals surface area contributed by atoms with Crippen molar-refractivity contribution in [3.63, 3.8) is 0 Å². The second-order valence-corrected chi connectivity index (χ2v) is 8.66. The SMILES string of the molecule is NC(=O)CC1CC(CNc2cc(C(N)=O)nc(-c3ccc(Oc4ccc(F)cc4)cc3)c2)CCN1. The monoisotopic (exact) mass is 477 g/mol. The zero-order chi connectivity index (χ0) is 24.8. The van der Waals surface area contributed by atoms with Gasteiger partial charge in [-0.3, -0.25) is 9.59 Å². The maximum absolute atomic E-state index is 13.1. The van der Waals surface area contributed by atoms with E-state index in [1.54, 1.807) is 30.3 Å². The van der Waals surface area contributed by atoms with Gasteiger partial charge in [-0.05, 0) is 86.0 Å². The van der Waals surface area contributed by atoms with Gasteiger partial charge in [-0.25, -0.2) is 9.37 Å². The molecule has 182 valence electrons. The van der Waals surface area contributed by atoms with Crippen LogP contribution >= 0.6 is 0 Å². The second kappa shape index (κ2) is 11.0. The van der Waals surface area contributed by atoms with E-state index in [2.05, 4.69) is 15.6 Å². The number of carbonyl (C=O) groups is 2. The van der Waals surface area contributed by atoms with E-state index in [4.69, 9.17) is 16.2 Å². The van der Waals surface area contributed by atoms with Gasteiger partial charge in [0.25, 0.3) is 5.91 Å². The highest BCUT2D eigenvalue weighted by Gasteiger charge is 2.22. The molecule has 1 aliphatic heterocycles. The Morgan fingerprint density at radius 2 is 1.74 bits per heavy atom. The summed E-state index contributed by atoms with van der Waals surface area (Å²) in [7, 11) is 0. The summed E-state index contributed by atoms with van der Waals surface area (Å²) in [5.41, 5.74) is 13.1. The average Bonchev–Trinajstić information content (AvgIpc) is 2.84. The predicted octanol–water partition coefficient (Wildman–Crippen LogP) is 3.43. The molecule has 2 amide bonds. The third-order valence-electron chi connectivity index (χ3n) is 5.92. The highest BCUT2D eigenvalue weighted by atomic mass is 19.1. The summed E-state index contributed by atoms with van der Waals surface area (Å²) in [6.07, 6.45) is 2.13. The van der Waals surface area contributed by atoms with Gasteiger partial charge in [0, 0.05) is 30.3 Å². The van der Waals surface area contributed by atoms with Gasteiger partial charge in [0.15, 0.2) is 0 Å². The fraction of sp³-hybridized carbons (Fsp3) is 0.269. The van der Waals surface area contributed by atoms with Crippen molar-refractivity contribution in [2.24, 2.45) is 17.4 Å². The standard InChI is InChI=1S/C26H28FN5O3/c27-18-3-7-22(8-4-18)35-21-5-1-17(2-6-21)23-12-20(13-24(32-23)26(29)34)31-15-16-9-10-30-19(11-16)14-25(28)33/h1-8,12-13,16,19,30H,9-11,14-15H2,(H2,28,33)(H2,29,34)(H,31,32). The Kier molecular flexibility index (Phi) is 7.57. The Labute approximate surface area is 202 Å². The number of pyridine rings is 1. The van der Waals surface area contributed by atoms with E-state index >= 15 is 0 Å². The lowest BCUT2D eigenvalue weighted by Gasteiger charge is -2.30. The number of halogens is 1. The minimum atomic E-state index is -0.616. The van der Waals surface area contributed by atoms with Gasteiger partial charge >= 0.3 is 0 Å². The summed E-state index contributed by atoms with van der Waals surface area (Å²) in [5.74, 6) is 0.210. The summed E-state index contributed by atoms with van der Waals surface area (Å²) < 4.78 is 18.8. The summed E-state index contributed by atoms with van der Waals surface area (Å²) in [5, 5.41) is 6.72. The molecule has 3 aromatic rings. The molecule has 1 saturated heterocycles. The van der Waals surface area contributed by atoms with Crippen molar-refractivity contribution < 1.29 is 18.7 Å². The van der Waals surface area contributed by atoms with Crippen LogP contribution in [0.3, 0.4) is 0 Å². The number of piperidine rings is 1. The Morgan fingerprint density at radius 1 is 1.06 bits per heavy atom. The number of rotatable bonds is 9. The molecular weight excluding hydrogens is 449 g/mol. The van der Waals surface area contributed by atoms with E-state index in [1.165, 1.54) is 12.1 Å². The lowest BCUT2D eigenvalue weighted by atomic mass is 9.90. The highest BCUT2D eigenvalue weighted by Crippen LogP contribution is 2.27. The van der Waals surface area contributed by atoms with Crippen molar-refractivity contribution in [2.45, 2.75) is 25.3 Å². The molecule has 0 aliphatic carbocycles. The number of primary amides is 2. The molecule has 2 atom stereocenters. The first-order valence-electron chi connectivity index (χ1n) is 11.5. The van der Waals surface area contributed by atoms with E-state index in [9.17, 15) is 14.0 Å². The summed E-state index contributed by atoms with van der Waals surface area (Å²) in [6.45, 7) is 1.51. The maximum Gasteiger partial charge on any atom is 0.267 e. The minimum absolute atomic E-state index is 0.0814. The minimum Gasteiger partial charge on any atom is -0.457 e. The van der Waals surface area contributed by atoms with Crippen LogP contribution in [0.4, 0.5) is 10.1 Å². The van der Waals surface area contributed by atoms with E-state index < -0.39 is 5.91 Å². The summed E-state index contributed by atoms with van der Waals surface area (Å²) >= 11 is 0. The van der Waals surface area contributed by atoms with Crippen molar-refractivity contribution in [1.82, 2.24) is 10.3 Å². The number of amides is 2. The van der Waals surface area contributed by atoms with Gasteiger partial charge in [-0.1, -0.05) is 0 Å². The van der Waals surface area contributed by atoms with Crippen LogP contribution in [-0.2, 0) is 4.79 Å². The summed E-state index contributed by atoms with van der Waals surface area (Å²) in [4.78, 5) is 27.6. The number of anilines is 1. The first-order chi connectivity index (χ1) is 16.9. The Morgan fingerprint density at radius 3 is 2.40 bits per heavy atom. The third kappa shape index (κ3) is 6.77. The van der Waals surface area contributed by atoms with Crippen LogP contribution < -0.4 is 26.8 Å². The molecule has 8 nitrogen and oxygen atoms in total. The lowest BCUT2D eigenvalue weighted by Crippen LogP contribution is -2.42. The number of benzene rings is 2. The van der Waals surface area contributed by atoms with Gasteiger partial charge < -0.3 is 26.8 Å². The number of nitrogens with two attached hydrogens (primary N) is 2. The van der Waals surface area contributed by atoms with Crippen LogP contribution in [0, 0.1) is 11.7 Å². The van der Waals surface area contributed by atoms with Gasteiger partial charge in [-0.2, -0.15) is 0 Å². The lowest BCUT2D eigenvalue weighted by molar-refractivity contribution is -0.118. The van der Waals surface area contributed by atoms with Crippen molar-refractivity contribution in [3.8, 4) is 22.8 Å². The van der Waals surface area contributed by atoms with E-state index in [1.807, 2.05) is 18.2 Å². The molecule has 9 heteroatoms. The molecule has 0 saturated carbocycles. The van der Waals surface area contributed by atoms with E-state index in [-0.39, 0.29) is 23.5 Å². The zero-order valence-corrected chi connectivity index (χ0v) is 19.2. The molecule has 0 spiro atoms. The van der Waals surface area contributed by atoms with Crippen molar-refractivity contribution in [2.75, 3.05) is 18.4 Å². The topological polar surface area (TPSA) is 132 Å². The highest BCUT2D eigenvalue weighted by molar-refractivity contribution is 5.92. The zero-order valence-electron chi connectivity index (χ0n) is 19.2. The molecule has 1 fully saturated rings. The number of ether oxygens (including phenoxy) is 1. The number of carbonyl (C=O) groups excluding carboxylic acids is 2. The smallest absolute Gasteiger partial charge is 0.267 e. The molecule has 0 bridgehead atoms. The average molecular weight is 478 g/mol. The van der Waals surface area contributed by atoms with Crippen LogP contribution in [0.25, 0.3) is 11.3 Å². The fourth-order valence-electron chi connectivity index (χ4n) is 4.18. The van der Waals surface area contributed by atoms with Gasteiger partial charge in [-0.15, -0.1) is 0 Å². The number of hydrogen-bond acceptors (Lipinski definition) is 6. The Balaban J connectivity index is 1.46. The third-order valence-corrected chi connectivity index (χ3v) is 5.92. The summed E-state index contributed by atoms with van der Waals surface area (Å²) in [6, 6.07) is 16.6. The van der Waals surface area contributed by atoms with Gasteiger partial charge in [0.05, 0.1) is 5.69 Å². The van der Waals surface area contributed by atoms with Crippen molar-refractivity contribution in [1.29, 1.82) is 0 Å². The van der Waals surface area contributed by atoms with Crippen molar-refractivity contribution in [3.05, 3.63) is 72.2 Å². The first kappa shape index (κ1) is 24.2. The first-order valence-corrected chi connectivity index (χ1v) is 11.5. The molecule has 1 aromatic heterocycles. The van der Waals surface area contributed by atoms with Crippen molar-refractivity contribution >= 4 is 17.5 Å². The molecule has 4 rings (SSSR count). The van der Waals surface area contributed by atoms with E-state index in [0.29, 0.717) is 36.1 Å². The Hall–Kier alpha value is -3.98. The molecule has 2 heterocycles. The largest absolute Gasteiger partial charge is 0.457 e. The second-order valence-electron chi connectivity index (χ2n) is 8.66. The molecular formula is C26H28FN5O3. The predicted molar refractivity (Wildman–Crippen MR) is 131 cm³/mol. The van der Waals surface area contributed by atoms with Crippen LogP contribution in [0.5, 0.6) is 11.5 Å². The number of hydrogen-bond donors (Lipinski definition) is 4. The number of nitrogens with one attached hydrogen (secondary N) is 2. The number of aromatic nitrogens is 1. The molecule has 2 aromatic carbocycles. The van der Waals surface area contributed by atoms with Crippen LogP contribution in [0.2, 0.25) is 0 Å². The quantitative estimate of drug-likeness (QED) is 0.373. The Bertz CT molecular complexity index is 1180. The molecule has 2 unspecified atom stereocenters. The van der Waals surface area contributed by atoms with Crippen LogP contribution in [-0.4, -0.2) is 35.9 Å². The number of nitrogens with zero attached hydrogens (tertiary/aromatic N) is 1. The molecule has 35 heavy (non-hydrogen) atoms. The molecule has 0 radical (unpaired) electrons. The van der Waals surface area contributed by atoms with E-state index in [0.717, 1.165) is 30.6 Å². The molecule has 1 aliphatic rings.